The van der Waals surface area contributed by atoms with Crippen LogP contribution in [0.5, 0.6) is 0 Å². The van der Waals surface area contributed by atoms with Gasteiger partial charge < -0.3 is 19.8 Å². The maximum atomic E-state index is 12.9. The van der Waals surface area contributed by atoms with Crippen molar-refractivity contribution in [2.75, 3.05) is 40.9 Å². The lowest BCUT2D eigenvalue weighted by atomic mass is 10.0. The largest absolute Gasteiger partial charge is 0.472 e. The number of amides is 1. The highest BCUT2D eigenvalue weighted by molar-refractivity contribution is 7.47. The van der Waals surface area contributed by atoms with E-state index in [2.05, 4.69) is 67.8 Å². The molecule has 1 amide bonds. The van der Waals surface area contributed by atoms with Gasteiger partial charge in [-0.1, -0.05) is 235 Å². The molecular weight excluding hydrogens is 828 g/mol. The number of quaternary nitrogens is 1. The van der Waals surface area contributed by atoms with E-state index in [0.29, 0.717) is 17.4 Å². The molecule has 0 saturated carbocycles. The zero-order valence-electron chi connectivity index (χ0n) is 43.2. The Morgan fingerprint density at radius 2 is 0.923 bits per heavy atom. The maximum absolute atomic E-state index is 12.9. The van der Waals surface area contributed by atoms with Crippen LogP contribution in [0, 0.1) is 0 Å². The second kappa shape index (κ2) is 47.3. The van der Waals surface area contributed by atoms with Gasteiger partial charge >= 0.3 is 7.82 Å². The monoisotopic (exact) mass is 934 g/mol. The van der Waals surface area contributed by atoms with Gasteiger partial charge in [-0.2, -0.15) is 0 Å². The van der Waals surface area contributed by atoms with Crippen LogP contribution in [0.25, 0.3) is 0 Å². The van der Waals surface area contributed by atoms with Gasteiger partial charge in [0.1, 0.15) is 13.2 Å². The zero-order valence-corrected chi connectivity index (χ0v) is 44.1. The van der Waals surface area contributed by atoms with E-state index in [1.807, 2.05) is 27.2 Å². The predicted octanol–water partition coefficient (Wildman–Crippen LogP) is 16.1. The number of unbranched alkanes of at least 4 members (excludes halogenated alkanes) is 28. The first-order chi connectivity index (χ1) is 31.5. The van der Waals surface area contributed by atoms with Crippen molar-refractivity contribution in [2.45, 2.75) is 251 Å². The molecular formula is C56H106N2O6P+. The molecule has 9 heteroatoms. The number of likely N-dealkylation sites (N-methyl/N-ethyl adjacent to an activating group) is 1. The van der Waals surface area contributed by atoms with Crippen LogP contribution in [0.3, 0.4) is 0 Å². The second-order valence-electron chi connectivity index (χ2n) is 19.6. The van der Waals surface area contributed by atoms with Gasteiger partial charge in [0.2, 0.25) is 5.91 Å². The van der Waals surface area contributed by atoms with Crippen LogP contribution in [0.4, 0.5) is 0 Å². The SMILES string of the molecule is CC/C=C\C/C=C\C/C=C\C/C=C\CCCCCCCCC(=O)NC(COP(=O)(O)OCC[N+](C)(C)C)C(O)/C=C/CCCCCCCCCCCCCCCCCCCCCCCC. The van der Waals surface area contributed by atoms with Crippen LogP contribution in [0.2, 0.25) is 0 Å². The third-order valence-corrected chi connectivity index (χ3v) is 13.0. The molecule has 0 aliphatic carbocycles. The molecule has 3 unspecified atom stereocenters. The molecule has 0 bridgehead atoms. The molecule has 0 aromatic rings. The van der Waals surface area contributed by atoms with Crippen molar-refractivity contribution in [1.29, 1.82) is 0 Å². The summed E-state index contributed by atoms with van der Waals surface area (Å²) in [5.74, 6) is -0.191. The Labute approximate surface area is 402 Å². The van der Waals surface area contributed by atoms with Crippen LogP contribution in [-0.2, 0) is 18.4 Å². The van der Waals surface area contributed by atoms with Crippen LogP contribution in [0.1, 0.15) is 239 Å². The molecule has 8 nitrogen and oxygen atoms in total. The average Bonchev–Trinajstić information content (AvgIpc) is 3.26. The Balaban J connectivity index is 4.28. The number of phosphoric acid groups is 1. The lowest BCUT2D eigenvalue weighted by Gasteiger charge is -2.25. The van der Waals surface area contributed by atoms with E-state index >= 15 is 0 Å². The van der Waals surface area contributed by atoms with Crippen molar-refractivity contribution in [3.05, 3.63) is 60.8 Å². The number of allylic oxidation sites excluding steroid dienone is 9. The molecule has 0 aromatic carbocycles. The molecule has 0 saturated heterocycles. The number of rotatable bonds is 49. The van der Waals surface area contributed by atoms with Gasteiger partial charge in [0, 0.05) is 6.42 Å². The van der Waals surface area contributed by atoms with Crippen molar-refractivity contribution in [3.8, 4) is 0 Å². The number of hydrogen-bond donors (Lipinski definition) is 3. The number of carbonyl (C=O) groups is 1. The number of carbonyl (C=O) groups excluding carboxylic acids is 1. The molecule has 3 N–H and O–H groups in total. The Morgan fingerprint density at radius 1 is 0.538 bits per heavy atom. The Kier molecular flexibility index (Phi) is 46.0. The topological polar surface area (TPSA) is 105 Å². The Hall–Kier alpha value is -1.80. The van der Waals surface area contributed by atoms with E-state index in [0.717, 1.165) is 77.0 Å². The fraction of sp³-hybridized carbons (Fsp3) is 0.804. The van der Waals surface area contributed by atoms with Gasteiger partial charge in [0.05, 0.1) is 39.9 Å². The summed E-state index contributed by atoms with van der Waals surface area (Å²) in [6.07, 6.45) is 63.1. The minimum Gasteiger partial charge on any atom is -0.387 e. The third-order valence-electron chi connectivity index (χ3n) is 12.0. The highest BCUT2D eigenvalue weighted by Gasteiger charge is 2.27. The van der Waals surface area contributed by atoms with Gasteiger partial charge in [-0.15, -0.1) is 0 Å². The maximum Gasteiger partial charge on any atom is 0.472 e. The summed E-state index contributed by atoms with van der Waals surface area (Å²) in [4.78, 5) is 23.3. The molecule has 0 aliphatic rings. The van der Waals surface area contributed by atoms with E-state index in [9.17, 15) is 19.4 Å². The van der Waals surface area contributed by atoms with Crippen molar-refractivity contribution in [2.24, 2.45) is 0 Å². The fourth-order valence-electron chi connectivity index (χ4n) is 7.74. The Bertz CT molecular complexity index is 1240. The molecule has 0 aliphatic heterocycles. The number of aliphatic hydroxyl groups is 1. The highest BCUT2D eigenvalue weighted by Crippen LogP contribution is 2.43. The average molecular weight is 934 g/mol. The second-order valence-corrected chi connectivity index (χ2v) is 21.0. The first-order valence-corrected chi connectivity index (χ1v) is 28.7. The van der Waals surface area contributed by atoms with E-state index in [1.165, 1.54) is 141 Å². The van der Waals surface area contributed by atoms with Gasteiger partial charge in [0.15, 0.2) is 0 Å². The summed E-state index contributed by atoms with van der Waals surface area (Å²) < 4.78 is 23.7. The summed E-state index contributed by atoms with van der Waals surface area (Å²) in [6, 6.07) is -0.857. The summed E-state index contributed by atoms with van der Waals surface area (Å²) in [7, 11) is 1.56. The minimum atomic E-state index is -4.35. The molecule has 0 radical (unpaired) electrons. The molecule has 0 rings (SSSR count). The minimum absolute atomic E-state index is 0.0563. The van der Waals surface area contributed by atoms with E-state index < -0.39 is 20.0 Å². The Morgan fingerprint density at radius 3 is 1.35 bits per heavy atom. The zero-order chi connectivity index (χ0) is 47.8. The smallest absolute Gasteiger partial charge is 0.387 e. The van der Waals surface area contributed by atoms with E-state index in [4.69, 9.17) is 9.05 Å². The molecule has 0 aromatic heterocycles. The molecule has 380 valence electrons. The number of nitrogens with zero attached hydrogens (tertiary/aromatic N) is 1. The first-order valence-electron chi connectivity index (χ1n) is 27.2. The van der Waals surface area contributed by atoms with Crippen molar-refractivity contribution in [1.82, 2.24) is 5.32 Å². The summed E-state index contributed by atoms with van der Waals surface area (Å²) in [5.41, 5.74) is 0. The van der Waals surface area contributed by atoms with Crippen molar-refractivity contribution >= 4 is 13.7 Å². The van der Waals surface area contributed by atoms with Gasteiger partial charge in [-0.3, -0.25) is 13.8 Å². The van der Waals surface area contributed by atoms with Crippen LogP contribution < -0.4 is 5.32 Å². The number of aliphatic hydroxyl groups excluding tert-OH is 1. The van der Waals surface area contributed by atoms with Gasteiger partial charge in [-0.05, 0) is 57.8 Å². The van der Waals surface area contributed by atoms with E-state index in [-0.39, 0.29) is 19.1 Å². The van der Waals surface area contributed by atoms with Gasteiger partial charge in [-0.25, -0.2) is 4.57 Å². The molecule has 0 spiro atoms. The lowest BCUT2D eigenvalue weighted by Crippen LogP contribution is -2.45. The molecule has 65 heavy (non-hydrogen) atoms. The number of phosphoric ester groups is 1. The van der Waals surface area contributed by atoms with E-state index in [1.54, 1.807) is 6.08 Å². The highest BCUT2D eigenvalue weighted by atomic mass is 31.2. The predicted molar refractivity (Wildman–Crippen MR) is 281 cm³/mol. The summed E-state index contributed by atoms with van der Waals surface area (Å²) in [6.45, 7) is 4.71. The first kappa shape index (κ1) is 63.2. The van der Waals surface area contributed by atoms with Crippen LogP contribution >= 0.6 is 7.82 Å². The summed E-state index contributed by atoms with van der Waals surface area (Å²) >= 11 is 0. The quantitative estimate of drug-likeness (QED) is 0.0243. The number of nitrogens with one attached hydrogen (secondary N) is 1. The van der Waals surface area contributed by atoms with Crippen LogP contribution in [-0.4, -0.2) is 73.4 Å². The fourth-order valence-corrected chi connectivity index (χ4v) is 8.48. The van der Waals surface area contributed by atoms with Crippen molar-refractivity contribution < 1.29 is 32.9 Å². The summed E-state index contributed by atoms with van der Waals surface area (Å²) in [5, 5.41) is 13.9. The number of hydrogen-bond acceptors (Lipinski definition) is 5. The van der Waals surface area contributed by atoms with Crippen molar-refractivity contribution in [3.63, 3.8) is 0 Å². The lowest BCUT2D eigenvalue weighted by molar-refractivity contribution is -0.870. The molecule has 3 atom stereocenters. The van der Waals surface area contributed by atoms with Crippen LogP contribution in [0.15, 0.2) is 60.8 Å². The molecule has 0 heterocycles. The normalized spacial score (nSPS) is 14.5. The third kappa shape index (κ3) is 49.9. The standard InChI is InChI=1S/C56H105N2O6P/c1-6-8-10-12-14-16-18-20-22-24-26-27-28-29-30-32-33-35-37-39-41-43-45-47-49-55(59)54(53-64-65(61,62)63-52-51-58(3,4)5)57-56(60)50-48-46-44-42-40-38-36-34-31-25-23-21-19-17-15-13-11-9-7-2/h9,11,15,17,21,23,31,34,47,49,54-55,59H,6-8,10,12-14,16,18-20,22,24-30,32-33,35-46,48,50-53H2,1-5H3,(H-,57,60,61,62)/p+1/b11-9-,17-15-,23-21-,34-31-,49-47+. The molecule has 0 fully saturated rings. The van der Waals surface area contributed by atoms with Gasteiger partial charge in [0.25, 0.3) is 0 Å².